The number of fused-ring (bicyclic) bond motifs is 3. The Morgan fingerprint density at radius 3 is 1.57 bits per heavy atom. The van der Waals surface area contributed by atoms with Crippen molar-refractivity contribution in [1.29, 1.82) is 5.26 Å². The molecule has 0 aromatic heterocycles. The highest BCUT2D eigenvalue weighted by Gasteiger charge is 2.35. The summed E-state index contributed by atoms with van der Waals surface area (Å²) >= 11 is 0. The van der Waals surface area contributed by atoms with Crippen LogP contribution in [0.5, 0.6) is 0 Å². The van der Waals surface area contributed by atoms with Gasteiger partial charge in [0.15, 0.2) is 6.04 Å². The maximum atomic E-state index is 15.1. The number of rotatable bonds is 7. The van der Waals surface area contributed by atoms with Gasteiger partial charge in [-0.15, -0.1) is 0 Å². The minimum atomic E-state index is -3.37. The molecule has 0 saturated heterocycles. The molecule has 1 N–H and O–H groups in total. The second-order valence-electron chi connectivity index (χ2n) is 9.94. The normalized spacial score (nSPS) is 13.6. The molecule has 0 bridgehead atoms. The Labute approximate surface area is 235 Å². The lowest BCUT2D eigenvalue weighted by Gasteiger charge is -2.29. The Hall–Kier alpha value is -4.55. The molecule has 194 valence electrons. The Morgan fingerprint density at radius 1 is 0.650 bits per heavy atom. The molecule has 0 saturated carbocycles. The molecule has 0 fully saturated rings. The average Bonchev–Trinajstić information content (AvgIpc) is 3.33. The molecule has 1 aliphatic rings. The van der Waals surface area contributed by atoms with Gasteiger partial charge in [0.25, 0.3) is 0 Å². The summed E-state index contributed by atoms with van der Waals surface area (Å²) in [7, 11) is -3.37. The van der Waals surface area contributed by atoms with Crippen LogP contribution >= 0.6 is 7.29 Å². The van der Waals surface area contributed by atoms with E-state index in [9.17, 15) is 5.26 Å². The lowest BCUT2D eigenvalue weighted by atomic mass is 9.99. The van der Waals surface area contributed by atoms with E-state index < -0.39 is 19.4 Å². The SMILES string of the molecule is Cc1ccc([C@@H](NP(=O)(c2ccccc2)c2ccccc2)[C@@H](C#N)N=C2c3ccccc3-c3ccccc32)cc1. The highest BCUT2D eigenvalue weighted by Crippen LogP contribution is 2.44. The monoisotopic (exact) mass is 537 g/mol. The van der Waals surface area contributed by atoms with Crippen molar-refractivity contribution in [3.05, 3.63) is 156 Å². The molecule has 4 nitrogen and oxygen atoms in total. The van der Waals surface area contributed by atoms with Crippen LogP contribution in [-0.4, -0.2) is 11.8 Å². The largest absolute Gasteiger partial charge is 0.297 e. The molecule has 0 heterocycles. The fourth-order valence-electron chi connectivity index (χ4n) is 5.32. The van der Waals surface area contributed by atoms with Crippen LogP contribution in [0.25, 0.3) is 11.1 Å². The van der Waals surface area contributed by atoms with Gasteiger partial charge in [-0.25, -0.2) is 5.09 Å². The van der Waals surface area contributed by atoms with Gasteiger partial charge in [-0.3, -0.25) is 9.56 Å². The van der Waals surface area contributed by atoms with Crippen molar-refractivity contribution in [3.63, 3.8) is 0 Å². The lowest BCUT2D eigenvalue weighted by Crippen LogP contribution is -2.35. The minimum Gasteiger partial charge on any atom is -0.297 e. The predicted octanol–water partition coefficient (Wildman–Crippen LogP) is 6.97. The van der Waals surface area contributed by atoms with Crippen LogP contribution in [-0.2, 0) is 4.57 Å². The van der Waals surface area contributed by atoms with Gasteiger partial charge in [0.2, 0.25) is 7.29 Å². The van der Waals surface area contributed by atoms with E-state index in [4.69, 9.17) is 4.99 Å². The number of benzene rings is 5. The van der Waals surface area contributed by atoms with Crippen LogP contribution in [0.15, 0.2) is 138 Å². The molecule has 5 heteroatoms. The first-order chi connectivity index (χ1) is 19.6. The van der Waals surface area contributed by atoms with E-state index in [1.165, 1.54) is 0 Å². The van der Waals surface area contributed by atoms with E-state index >= 15 is 4.57 Å². The minimum absolute atomic E-state index is 0.635. The molecule has 6 rings (SSSR count). The van der Waals surface area contributed by atoms with E-state index in [-0.39, 0.29) is 0 Å². The van der Waals surface area contributed by atoms with Crippen LogP contribution in [0, 0.1) is 18.3 Å². The third kappa shape index (κ3) is 4.71. The maximum absolute atomic E-state index is 15.1. The van der Waals surface area contributed by atoms with Gasteiger partial charge in [0.1, 0.15) is 0 Å². The Balaban J connectivity index is 1.52. The summed E-state index contributed by atoms with van der Waals surface area (Å²) in [5, 5.41) is 15.5. The first kappa shape index (κ1) is 25.7. The molecule has 5 aromatic carbocycles. The zero-order valence-electron chi connectivity index (χ0n) is 22.1. The number of nitrogens with one attached hydrogen (secondary N) is 1. The number of aryl methyl sites for hydroxylation is 1. The van der Waals surface area contributed by atoms with Crippen molar-refractivity contribution in [3.8, 4) is 17.2 Å². The highest BCUT2D eigenvalue weighted by atomic mass is 31.2. The first-order valence-electron chi connectivity index (χ1n) is 13.3. The predicted molar refractivity (Wildman–Crippen MR) is 164 cm³/mol. The smallest absolute Gasteiger partial charge is 0.205 e. The van der Waals surface area contributed by atoms with Gasteiger partial charge in [-0.1, -0.05) is 115 Å². The van der Waals surface area contributed by atoms with Crippen LogP contribution in [0.3, 0.4) is 0 Å². The van der Waals surface area contributed by atoms with E-state index in [1.54, 1.807) is 0 Å². The third-order valence-corrected chi connectivity index (χ3v) is 10.1. The third-order valence-electron chi connectivity index (χ3n) is 7.37. The second-order valence-corrected chi connectivity index (χ2v) is 12.5. The summed E-state index contributed by atoms with van der Waals surface area (Å²) in [5.41, 5.74) is 6.96. The van der Waals surface area contributed by atoms with E-state index in [0.717, 1.165) is 39.1 Å². The zero-order chi connectivity index (χ0) is 27.5. The summed E-state index contributed by atoms with van der Waals surface area (Å²) in [6.07, 6.45) is 0. The Bertz CT molecular complexity index is 1680. The fourth-order valence-corrected chi connectivity index (χ4v) is 7.78. The number of hydrogen-bond donors (Lipinski definition) is 1. The molecule has 2 atom stereocenters. The van der Waals surface area contributed by atoms with E-state index in [1.807, 2.05) is 116 Å². The van der Waals surface area contributed by atoms with Gasteiger partial charge < -0.3 is 0 Å². The van der Waals surface area contributed by atoms with Gasteiger partial charge in [0, 0.05) is 21.7 Å². The molecule has 5 aromatic rings. The Morgan fingerprint density at radius 2 is 1.10 bits per heavy atom. The molecular weight excluding hydrogens is 509 g/mol. The molecule has 0 radical (unpaired) electrons. The summed E-state index contributed by atoms with van der Waals surface area (Å²) in [6, 6.07) is 44.2. The molecule has 0 unspecified atom stereocenters. The van der Waals surface area contributed by atoms with Gasteiger partial charge in [-0.2, -0.15) is 5.26 Å². The van der Waals surface area contributed by atoms with Gasteiger partial charge >= 0.3 is 0 Å². The van der Waals surface area contributed by atoms with Crippen molar-refractivity contribution in [2.24, 2.45) is 4.99 Å². The molecule has 0 aliphatic heterocycles. The van der Waals surface area contributed by atoms with E-state index in [2.05, 4.69) is 35.4 Å². The molecule has 0 amide bonds. The zero-order valence-corrected chi connectivity index (χ0v) is 23.0. The van der Waals surface area contributed by atoms with Gasteiger partial charge in [0.05, 0.1) is 17.8 Å². The van der Waals surface area contributed by atoms with Crippen LogP contribution < -0.4 is 15.7 Å². The van der Waals surface area contributed by atoms with Crippen molar-refractivity contribution in [2.75, 3.05) is 0 Å². The fraction of sp³-hybridized carbons (Fsp3) is 0.0857. The number of aliphatic imine (C=N–C) groups is 1. The quantitative estimate of drug-likeness (QED) is 0.224. The highest BCUT2D eigenvalue weighted by molar-refractivity contribution is 7.76. The summed E-state index contributed by atoms with van der Waals surface area (Å²) in [4.78, 5) is 5.12. The average molecular weight is 538 g/mol. The summed E-state index contributed by atoms with van der Waals surface area (Å²) in [6.45, 7) is 2.03. The number of nitrogens with zero attached hydrogens (tertiary/aromatic N) is 2. The molecule has 0 spiro atoms. The van der Waals surface area contributed by atoms with Crippen LogP contribution in [0.1, 0.15) is 28.3 Å². The molecular formula is C35H28N3OP. The van der Waals surface area contributed by atoms with Crippen LogP contribution in [0.2, 0.25) is 0 Å². The Kier molecular flexibility index (Phi) is 7.01. The maximum Gasteiger partial charge on any atom is 0.205 e. The summed E-state index contributed by atoms with van der Waals surface area (Å²) in [5.74, 6) is 0. The summed E-state index contributed by atoms with van der Waals surface area (Å²) < 4.78 is 15.1. The van der Waals surface area contributed by atoms with Crippen LogP contribution in [0.4, 0.5) is 0 Å². The number of nitriles is 1. The number of hydrogen-bond acceptors (Lipinski definition) is 3. The lowest BCUT2D eigenvalue weighted by molar-refractivity contribution is 0.545. The second kappa shape index (κ2) is 10.9. The topological polar surface area (TPSA) is 65.2 Å². The molecule has 1 aliphatic carbocycles. The van der Waals surface area contributed by atoms with Crippen molar-refractivity contribution >= 4 is 23.6 Å². The van der Waals surface area contributed by atoms with Gasteiger partial charge in [-0.05, 0) is 47.9 Å². The standard InChI is InChI=1S/C35H28N3OP/c1-25-20-22-26(23-21-25)34(38-40(39,27-12-4-2-5-13-27)28-14-6-3-7-15-28)33(24-36)37-35-31-18-10-8-16-29(31)30-17-9-11-19-32(30)35/h2-23,33-34H,1H3,(H,38,39)/t33-,34-/m1/s1. The van der Waals surface area contributed by atoms with Crippen molar-refractivity contribution in [2.45, 2.75) is 19.0 Å². The van der Waals surface area contributed by atoms with Crippen molar-refractivity contribution < 1.29 is 4.57 Å². The van der Waals surface area contributed by atoms with E-state index in [0.29, 0.717) is 10.6 Å². The van der Waals surface area contributed by atoms with Crippen molar-refractivity contribution in [1.82, 2.24) is 5.09 Å². The molecule has 40 heavy (non-hydrogen) atoms. The first-order valence-corrected chi connectivity index (χ1v) is 15.0.